The van der Waals surface area contributed by atoms with Gasteiger partial charge in [-0.1, -0.05) is 13.8 Å². The summed E-state index contributed by atoms with van der Waals surface area (Å²) >= 11 is 3.71. The Morgan fingerprint density at radius 3 is 2.22 bits per heavy atom. The highest BCUT2D eigenvalue weighted by Gasteiger charge is 2.20. The molecule has 2 rings (SSSR count). The van der Waals surface area contributed by atoms with Gasteiger partial charge >= 0.3 is 0 Å². The van der Waals surface area contributed by atoms with Crippen molar-refractivity contribution in [2.24, 2.45) is 0 Å². The fraction of sp³-hybridized carbons (Fsp3) is 0.444. The van der Waals surface area contributed by atoms with Gasteiger partial charge in [-0.2, -0.15) is 0 Å². The maximum Gasteiger partial charge on any atom is 0.230 e. The summed E-state index contributed by atoms with van der Waals surface area (Å²) in [6.45, 7) is 11.2. The summed E-state index contributed by atoms with van der Waals surface area (Å²) in [6.07, 6.45) is 0. The minimum Gasteiger partial charge on any atom is -0.495 e. The smallest absolute Gasteiger partial charge is 0.230 e. The number of aryl methyl sites for hydroxylation is 2. The Hall–Kier alpha value is -1.62. The van der Waals surface area contributed by atoms with Crippen LogP contribution in [-0.2, 0) is 0 Å². The summed E-state index contributed by atoms with van der Waals surface area (Å²) in [6, 6.07) is 6.22. The van der Waals surface area contributed by atoms with Crippen molar-refractivity contribution in [3.63, 3.8) is 0 Å². The van der Waals surface area contributed by atoms with Gasteiger partial charge in [0.15, 0.2) is 0 Å². The van der Waals surface area contributed by atoms with E-state index < -0.39 is 0 Å². The summed E-state index contributed by atoms with van der Waals surface area (Å²) in [5.74, 6) is 1.95. The summed E-state index contributed by atoms with van der Waals surface area (Å²) in [5.41, 5.74) is 4.11. The number of nitrogens with zero attached hydrogens (tertiary/aromatic N) is 3. The van der Waals surface area contributed by atoms with Crippen LogP contribution in [0.4, 0.5) is 11.6 Å². The number of aromatic nitrogens is 2. The lowest BCUT2D eigenvalue weighted by atomic mass is 10.0. The molecule has 0 saturated carbocycles. The number of benzene rings is 1. The van der Waals surface area contributed by atoms with E-state index in [9.17, 15) is 0 Å². The molecule has 5 heteroatoms. The van der Waals surface area contributed by atoms with Gasteiger partial charge in [0.05, 0.1) is 7.11 Å². The van der Waals surface area contributed by atoms with Crippen LogP contribution < -0.4 is 9.64 Å². The molecule has 23 heavy (non-hydrogen) atoms. The molecule has 0 spiro atoms. The average molecular weight is 378 g/mol. The van der Waals surface area contributed by atoms with Crippen LogP contribution in [-0.4, -0.2) is 23.6 Å². The Morgan fingerprint density at radius 1 is 1.13 bits per heavy atom. The number of halogens is 1. The first-order valence-electron chi connectivity index (χ1n) is 7.84. The molecule has 0 fully saturated rings. The zero-order chi connectivity index (χ0) is 17.1. The van der Waals surface area contributed by atoms with Gasteiger partial charge in [-0.05, 0) is 66.4 Å². The monoisotopic (exact) mass is 377 g/mol. The van der Waals surface area contributed by atoms with Crippen molar-refractivity contribution in [3.8, 4) is 5.75 Å². The molecular formula is C18H24BrN3O. The lowest BCUT2D eigenvalue weighted by Crippen LogP contribution is -2.21. The quantitative estimate of drug-likeness (QED) is 0.722. The van der Waals surface area contributed by atoms with Crippen molar-refractivity contribution in [1.29, 1.82) is 0 Å². The average Bonchev–Trinajstić information content (AvgIpc) is 2.48. The summed E-state index contributed by atoms with van der Waals surface area (Å²) < 4.78 is 6.65. The second-order valence-corrected chi connectivity index (χ2v) is 6.76. The van der Waals surface area contributed by atoms with Crippen LogP contribution in [0.15, 0.2) is 22.7 Å². The molecule has 124 valence electrons. The molecule has 0 N–H and O–H groups in total. The van der Waals surface area contributed by atoms with Crippen molar-refractivity contribution in [2.75, 3.05) is 18.6 Å². The van der Waals surface area contributed by atoms with Crippen molar-refractivity contribution < 1.29 is 4.74 Å². The fourth-order valence-corrected chi connectivity index (χ4v) is 3.25. The predicted octanol–water partition coefficient (Wildman–Crippen LogP) is 5.15. The van der Waals surface area contributed by atoms with E-state index in [0.717, 1.165) is 33.8 Å². The number of hydrogen-bond acceptors (Lipinski definition) is 4. The third-order valence-corrected chi connectivity index (χ3v) is 4.34. The molecule has 0 unspecified atom stereocenters. The second kappa shape index (κ2) is 7.30. The molecule has 0 radical (unpaired) electrons. The number of methoxy groups -OCH3 is 1. The first-order valence-corrected chi connectivity index (χ1v) is 8.63. The highest BCUT2D eigenvalue weighted by atomic mass is 79.9. The molecule has 0 amide bonds. The topological polar surface area (TPSA) is 38.2 Å². The van der Waals surface area contributed by atoms with E-state index in [1.54, 1.807) is 7.11 Å². The van der Waals surface area contributed by atoms with Gasteiger partial charge in [-0.3, -0.25) is 0 Å². The Morgan fingerprint density at radius 2 is 1.74 bits per heavy atom. The lowest BCUT2D eigenvalue weighted by Gasteiger charge is -2.26. The molecule has 0 aliphatic rings. The van der Waals surface area contributed by atoms with Crippen molar-refractivity contribution in [3.05, 3.63) is 39.6 Å². The number of hydrogen-bond donors (Lipinski definition) is 0. The summed E-state index contributed by atoms with van der Waals surface area (Å²) in [7, 11) is 1.70. The highest BCUT2D eigenvalue weighted by Crippen LogP contribution is 2.41. The zero-order valence-corrected chi connectivity index (χ0v) is 16.2. The molecule has 0 aliphatic heterocycles. The Balaban J connectivity index is 2.61. The minimum absolute atomic E-state index is 0.432. The van der Waals surface area contributed by atoms with E-state index in [-0.39, 0.29) is 0 Å². The molecule has 0 atom stereocenters. The Labute approximate surface area is 147 Å². The van der Waals surface area contributed by atoms with Crippen LogP contribution in [0.5, 0.6) is 5.75 Å². The van der Waals surface area contributed by atoms with Gasteiger partial charge in [-0.25, -0.2) is 9.97 Å². The van der Waals surface area contributed by atoms with Crippen LogP contribution >= 0.6 is 15.9 Å². The molecule has 0 saturated heterocycles. The van der Waals surface area contributed by atoms with Gasteiger partial charge in [0, 0.05) is 22.4 Å². The van der Waals surface area contributed by atoms with E-state index >= 15 is 0 Å². The normalized spacial score (nSPS) is 11.0. The molecule has 1 aromatic heterocycles. The van der Waals surface area contributed by atoms with E-state index in [0.29, 0.717) is 11.9 Å². The first-order chi connectivity index (χ1) is 10.9. The Bertz CT molecular complexity index is 681. The van der Waals surface area contributed by atoms with Gasteiger partial charge in [-0.15, -0.1) is 0 Å². The SMILES string of the molecule is CCN(c1nc(C)cc(C)n1)c1c(Br)cc(C(C)C)cc1OC. The third kappa shape index (κ3) is 3.83. The fourth-order valence-electron chi connectivity index (χ4n) is 2.57. The minimum atomic E-state index is 0.432. The van der Waals surface area contributed by atoms with Gasteiger partial charge in [0.1, 0.15) is 11.4 Å². The van der Waals surface area contributed by atoms with Crippen LogP contribution in [0.2, 0.25) is 0 Å². The Kier molecular flexibility index (Phi) is 5.63. The van der Waals surface area contributed by atoms with Gasteiger partial charge < -0.3 is 9.64 Å². The van der Waals surface area contributed by atoms with Crippen LogP contribution in [0.3, 0.4) is 0 Å². The lowest BCUT2D eigenvalue weighted by molar-refractivity contribution is 0.414. The van der Waals surface area contributed by atoms with Crippen LogP contribution in [0.25, 0.3) is 0 Å². The van der Waals surface area contributed by atoms with E-state index in [1.165, 1.54) is 5.56 Å². The standard InChI is InChI=1S/C18H24BrN3O/c1-7-22(18-20-12(4)8-13(5)21-18)17-15(19)9-14(11(2)3)10-16(17)23-6/h8-11H,7H2,1-6H3. The van der Waals surface area contributed by atoms with Gasteiger partial charge in [0.2, 0.25) is 5.95 Å². The maximum absolute atomic E-state index is 5.65. The molecule has 0 aliphatic carbocycles. The number of rotatable bonds is 5. The van der Waals surface area contributed by atoms with Crippen molar-refractivity contribution >= 4 is 27.6 Å². The molecule has 4 nitrogen and oxygen atoms in total. The molecule has 1 heterocycles. The maximum atomic E-state index is 5.65. The molecular weight excluding hydrogens is 354 g/mol. The third-order valence-electron chi connectivity index (χ3n) is 3.74. The van der Waals surface area contributed by atoms with E-state index in [1.807, 2.05) is 19.9 Å². The van der Waals surface area contributed by atoms with Crippen molar-refractivity contribution in [1.82, 2.24) is 9.97 Å². The highest BCUT2D eigenvalue weighted by molar-refractivity contribution is 9.10. The summed E-state index contributed by atoms with van der Waals surface area (Å²) in [5, 5.41) is 0. The second-order valence-electron chi connectivity index (χ2n) is 5.90. The van der Waals surface area contributed by atoms with Crippen LogP contribution in [0.1, 0.15) is 43.6 Å². The van der Waals surface area contributed by atoms with E-state index in [2.05, 4.69) is 63.7 Å². The largest absolute Gasteiger partial charge is 0.495 e. The van der Waals surface area contributed by atoms with Crippen LogP contribution in [0, 0.1) is 13.8 Å². The number of anilines is 2. The van der Waals surface area contributed by atoms with E-state index in [4.69, 9.17) is 4.74 Å². The number of ether oxygens (including phenoxy) is 1. The van der Waals surface area contributed by atoms with Crippen molar-refractivity contribution in [2.45, 2.75) is 40.5 Å². The molecule has 1 aromatic carbocycles. The predicted molar refractivity (Wildman–Crippen MR) is 99.0 cm³/mol. The molecule has 2 aromatic rings. The summed E-state index contributed by atoms with van der Waals surface area (Å²) in [4.78, 5) is 11.3. The zero-order valence-electron chi connectivity index (χ0n) is 14.6. The molecule has 0 bridgehead atoms. The van der Waals surface area contributed by atoms with Gasteiger partial charge in [0.25, 0.3) is 0 Å². The first kappa shape index (κ1) is 17.7.